The molecule has 0 spiro atoms. The lowest BCUT2D eigenvalue weighted by Crippen LogP contribution is -2.41. The number of rotatable bonds is 7. The van der Waals surface area contributed by atoms with Gasteiger partial charge in [-0.1, -0.05) is 13.3 Å². The molecule has 1 N–H and O–H groups in total. The second kappa shape index (κ2) is 7.92. The van der Waals surface area contributed by atoms with Gasteiger partial charge in [-0.05, 0) is 31.4 Å². The van der Waals surface area contributed by atoms with Crippen molar-refractivity contribution in [1.82, 2.24) is 15.5 Å². The summed E-state index contributed by atoms with van der Waals surface area (Å²) >= 11 is 0. The summed E-state index contributed by atoms with van der Waals surface area (Å²) in [5.41, 5.74) is 0.869. The largest absolute Gasteiger partial charge is 0.353 e. The van der Waals surface area contributed by atoms with Crippen LogP contribution in [0.2, 0.25) is 0 Å². The predicted molar refractivity (Wildman–Crippen MR) is 93.6 cm³/mol. The first kappa shape index (κ1) is 18.6. The molecule has 24 heavy (non-hydrogen) atoms. The highest BCUT2D eigenvalue weighted by Gasteiger charge is 2.33. The lowest BCUT2D eigenvalue weighted by atomic mass is 9.98. The molecule has 0 bridgehead atoms. The van der Waals surface area contributed by atoms with Crippen LogP contribution >= 0.6 is 0 Å². The van der Waals surface area contributed by atoms with E-state index in [1.165, 1.54) is 0 Å². The Labute approximate surface area is 143 Å². The van der Waals surface area contributed by atoms with Crippen molar-refractivity contribution in [3.05, 3.63) is 17.8 Å². The minimum absolute atomic E-state index is 0.0124. The first-order chi connectivity index (χ1) is 11.3. The maximum Gasteiger partial charge on any atom is 0.221 e. The molecule has 1 saturated heterocycles. The second-order valence-corrected chi connectivity index (χ2v) is 8.80. The molecule has 0 aliphatic carbocycles. The van der Waals surface area contributed by atoms with Crippen molar-refractivity contribution < 1.29 is 13.2 Å². The quantitative estimate of drug-likeness (QED) is 0.783. The van der Waals surface area contributed by atoms with Gasteiger partial charge >= 0.3 is 0 Å². The van der Waals surface area contributed by atoms with Crippen molar-refractivity contribution in [2.75, 3.05) is 30.0 Å². The fraction of sp³-hybridized carbons (Fsp3) is 0.688. The number of carbonyl (C=O) groups is 1. The van der Waals surface area contributed by atoms with Crippen molar-refractivity contribution >= 4 is 21.6 Å². The third-order valence-electron chi connectivity index (χ3n) is 4.25. The SMILES string of the molecule is CCC[C@H]1CN(c2ccc(C)nn2)C[C@@H]1NC(=O)CCS(C)(=O)=O. The van der Waals surface area contributed by atoms with Crippen LogP contribution in [0.25, 0.3) is 0 Å². The normalized spacial score (nSPS) is 21.0. The van der Waals surface area contributed by atoms with E-state index in [-0.39, 0.29) is 24.1 Å². The lowest BCUT2D eigenvalue weighted by molar-refractivity contribution is -0.121. The van der Waals surface area contributed by atoms with Crippen LogP contribution in [0.1, 0.15) is 31.9 Å². The van der Waals surface area contributed by atoms with E-state index in [0.29, 0.717) is 12.5 Å². The van der Waals surface area contributed by atoms with E-state index in [1.54, 1.807) is 0 Å². The van der Waals surface area contributed by atoms with E-state index < -0.39 is 9.84 Å². The molecule has 0 radical (unpaired) electrons. The third-order valence-corrected chi connectivity index (χ3v) is 5.20. The third kappa shape index (κ3) is 5.43. The number of hydrogen-bond acceptors (Lipinski definition) is 6. The number of amides is 1. The van der Waals surface area contributed by atoms with Gasteiger partial charge in [0.15, 0.2) is 5.82 Å². The van der Waals surface area contributed by atoms with Gasteiger partial charge in [-0.25, -0.2) is 8.42 Å². The van der Waals surface area contributed by atoms with Crippen molar-refractivity contribution in [2.45, 2.75) is 39.2 Å². The monoisotopic (exact) mass is 354 g/mol. The molecule has 1 amide bonds. The van der Waals surface area contributed by atoms with Crippen LogP contribution in [0.5, 0.6) is 0 Å². The summed E-state index contributed by atoms with van der Waals surface area (Å²) < 4.78 is 22.4. The van der Waals surface area contributed by atoms with E-state index in [4.69, 9.17) is 0 Å². The maximum absolute atomic E-state index is 12.1. The molecule has 1 aromatic heterocycles. The van der Waals surface area contributed by atoms with Gasteiger partial charge in [0.05, 0.1) is 17.5 Å². The standard InChI is InChI=1S/C16H26N4O3S/c1-4-5-13-10-20(15-7-6-12(2)18-19-15)11-14(13)17-16(21)8-9-24(3,22)23/h6-7,13-14H,4-5,8-11H2,1-3H3,(H,17,21)/t13-,14-/m0/s1. The molecule has 1 aliphatic heterocycles. The Morgan fingerprint density at radius 3 is 2.67 bits per heavy atom. The Morgan fingerprint density at radius 2 is 2.08 bits per heavy atom. The molecule has 2 heterocycles. The number of nitrogens with zero attached hydrogens (tertiary/aromatic N) is 3. The van der Waals surface area contributed by atoms with Crippen LogP contribution in [0.4, 0.5) is 5.82 Å². The highest BCUT2D eigenvalue weighted by molar-refractivity contribution is 7.90. The molecule has 8 heteroatoms. The maximum atomic E-state index is 12.1. The predicted octanol–water partition coefficient (Wildman–Crippen LogP) is 0.941. The number of nitrogens with one attached hydrogen (secondary N) is 1. The summed E-state index contributed by atoms with van der Waals surface area (Å²) in [5, 5.41) is 11.3. The van der Waals surface area contributed by atoms with Crippen LogP contribution in [0.3, 0.4) is 0 Å². The fourth-order valence-electron chi connectivity index (χ4n) is 3.00. The van der Waals surface area contributed by atoms with Gasteiger partial charge in [0.2, 0.25) is 5.91 Å². The van der Waals surface area contributed by atoms with Gasteiger partial charge in [0.1, 0.15) is 9.84 Å². The highest BCUT2D eigenvalue weighted by Crippen LogP contribution is 2.25. The molecule has 2 rings (SSSR count). The molecule has 134 valence electrons. The molecule has 2 atom stereocenters. The molecule has 0 aromatic carbocycles. The van der Waals surface area contributed by atoms with Gasteiger partial charge in [0.25, 0.3) is 0 Å². The van der Waals surface area contributed by atoms with Crippen molar-refractivity contribution in [3.8, 4) is 0 Å². The highest BCUT2D eigenvalue weighted by atomic mass is 32.2. The Kier molecular flexibility index (Phi) is 6.15. The van der Waals surface area contributed by atoms with E-state index in [2.05, 4.69) is 27.3 Å². The Morgan fingerprint density at radius 1 is 1.33 bits per heavy atom. The average Bonchev–Trinajstić information content (AvgIpc) is 2.88. The van der Waals surface area contributed by atoms with E-state index in [1.807, 2.05) is 19.1 Å². The zero-order chi connectivity index (χ0) is 17.7. The molecule has 1 fully saturated rings. The zero-order valence-corrected chi connectivity index (χ0v) is 15.3. The van der Waals surface area contributed by atoms with Crippen molar-refractivity contribution in [3.63, 3.8) is 0 Å². The summed E-state index contributed by atoms with van der Waals surface area (Å²) in [6.45, 7) is 5.51. The first-order valence-electron chi connectivity index (χ1n) is 8.31. The van der Waals surface area contributed by atoms with Gasteiger partial charge < -0.3 is 10.2 Å². The zero-order valence-electron chi connectivity index (χ0n) is 14.5. The number of aryl methyl sites for hydroxylation is 1. The van der Waals surface area contributed by atoms with Gasteiger partial charge in [-0.15, -0.1) is 5.10 Å². The molecule has 0 unspecified atom stereocenters. The number of sulfone groups is 1. The second-order valence-electron chi connectivity index (χ2n) is 6.54. The Balaban J connectivity index is 1.99. The summed E-state index contributed by atoms with van der Waals surface area (Å²) in [4.78, 5) is 14.2. The van der Waals surface area contributed by atoms with Gasteiger partial charge in [-0.2, -0.15) is 5.10 Å². The number of carbonyl (C=O) groups excluding carboxylic acids is 1. The number of hydrogen-bond donors (Lipinski definition) is 1. The van der Waals surface area contributed by atoms with Crippen LogP contribution in [0, 0.1) is 12.8 Å². The number of anilines is 1. The average molecular weight is 354 g/mol. The minimum atomic E-state index is -3.12. The van der Waals surface area contributed by atoms with Crippen LogP contribution < -0.4 is 10.2 Å². The molecular formula is C16H26N4O3S. The molecule has 7 nitrogen and oxygen atoms in total. The summed E-state index contributed by atoms with van der Waals surface area (Å²) in [5.74, 6) is 0.829. The lowest BCUT2D eigenvalue weighted by Gasteiger charge is -2.19. The van der Waals surface area contributed by atoms with Crippen LogP contribution in [0.15, 0.2) is 12.1 Å². The van der Waals surface area contributed by atoms with Crippen LogP contribution in [-0.2, 0) is 14.6 Å². The summed E-state index contributed by atoms with van der Waals surface area (Å²) in [6, 6.07) is 3.88. The molecule has 1 aliphatic rings. The molecule has 1 aromatic rings. The summed E-state index contributed by atoms with van der Waals surface area (Å²) in [7, 11) is -3.12. The fourth-order valence-corrected chi connectivity index (χ4v) is 3.56. The summed E-state index contributed by atoms with van der Waals surface area (Å²) in [6.07, 6.45) is 3.20. The van der Waals surface area contributed by atoms with Crippen molar-refractivity contribution in [2.24, 2.45) is 5.92 Å². The number of aromatic nitrogens is 2. The van der Waals surface area contributed by atoms with Crippen LogP contribution in [-0.4, -0.2) is 55.7 Å². The first-order valence-corrected chi connectivity index (χ1v) is 10.4. The van der Waals surface area contributed by atoms with E-state index in [0.717, 1.165) is 37.2 Å². The van der Waals surface area contributed by atoms with Gasteiger partial charge in [0, 0.05) is 25.8 Å². The van der Waals surface area contributed by atoms with E-state index >= 15 is 0 Å². The topological polar surface area (TPSA) is 92.3 Å². The minimum Gasteiger partial charge on any atom is -0.353 e. The Hall–Kier alpha value is -1.70. The van der Waals surface area contributed by atoms with Gasteiger partial charge in [-0.3, -0.25) is 4.79 Å². The smallest absolute Gasteiger partial charge is 0.221 e. The molecule has 0 saturated carbocycles. The van der Waals surface area contributed by atoms with Crippen molar-refractivity contribution in [1.29, 1.82) is 0 Å². The van der Waals surface area contributed by atoms with E-state index in [9.17, 15) is 13.2 Å². The Bertz CT molecular complexity index is 660. The molecular weight excluding hydrogens is 328 g/mol.